The summed E-state index contributed by atoms with van der Waals surface area (Å²) < 4.78 is 5.61. The van der Waals surface area contributed by atoms with Gasteiger partial charge in [-0.25, -0.2) is 0 Å². The van der Waals surface area contributed by atoms with E-state index in [-0.39, 0.29) is 11.0 Å². The Morgan fingerprint density at radius 3 is 3.00 bits per heavy atom. The van der Waals surface area contributed by atoms with E-state index in [9.17, 15) is 4.79 Å². The number of rotatable bonds is 5. The molecule has 2 heterocycles. The summed E-state index contributed by atoms with van der Waals surface area (Å²) in [6.45, 7) is 1.87. The minimum Gasteiger partial charge on any atom is -0.416 e. The van der Waals surface area contributed by atoms with Gasteiger partial charge in [0.2, 0.25) is 5.89 Å². The van der Waals surface area contributed by atoms with Crippen LogP contribution in [0.25, 0.3) is 10.9 Å². The third-order valence-corrected chi connectivity index (χ3v) is 4.78. The Kier molecular flexibility index (Phi) is 3.26. The van der Waals surface area contributed by atoms with Crippen molar-refractivity contribution in [3.8, 4) is 0 Å². The van der Waals surface area contributed by atoms with E-state index in [0.717, 1.165) is 23.7 Å². The highest BCUT2D eigenvalue weighted by molar-refractivity contribution is 8.00. The van der Waals surface area contributed by atoms with Crippen LogP contribution in [0.4, 0.5) is 0 Å². The number of carbonyl (C=O) groups is 1. The van der Waals surface area contributed by atoms with E-state index in [1.165, 1.54) is 11.8 Å². The van der Waals surface area contributed by atoms with Crippen molar-refractivity contribution >= 4 is 28.4 Å². The molecule has 6 heteroatoms. The van der Waals surface area contributed by atoms with Crippen LogP contribution in [0.15, 0.2) is 40.1 Å². The van der Waals surface area contributed by atoms with Crippen LogP contribution in [0.3, 0.4) is 0 Å². The lowest BCUT2D eigenvalue weighted by Gasteiger charge is -2.06. The molecule has 0 aliphatic heterocycles. The number of Topliss-reactive ketones (excluding diaryl/α,β-unsaturated/α-hetero) is 1. The summed E-state index contributed by atoms with van der Waals surface area (Å²) in [7, 11) is 0. The molecule has 0 spiro atoms. The van der Waals surface area contributed by atoms with Gasteiger partial charge < -0.3 is 9.40 Å². The largest absolute Gasteiger partial charge is 0.416 e. The van der Waals surface area contributed by atoms with Crippen molar-refractivity contribution in [3.05, 3.63) is 41.9 Å². The summed E-state index contributed by atoms with van der Waals surface area (Å²) in [4.78, 5) is 15.8. The SMILES string of the molecule is C[C@H](Sc1nnc(C2CC2)o1)C(=O)c1c[nH]c2ccccc12. The van der Waals surface area contributed by atoms with Gasteiger partial charge in [0.1, 0.15) is 0 Å². The fraction of sp³-hybridized carbons (Fsp3) is 0.312. The molecule has 1 aliphatic rings. The number of hydrogen-bond acceptors (Lipinski definition) is 5. The number of nitrogens with zero attached hydrogens (tertiary/aromatic N) is 2. The van der Waals surface area contributed by atoms with Crippen LogP contribution in [-0.4, -0.2) is 26.2 Å². The smallest absolute Gasteiger partial charge is 0.277 e. The van der Waals surface area contributed by atoms with Crippen molar-refractivity contribution in [3.63, 3.8) is 0 Å². The van der Waals surface area contributed by atoms with Gasteiger partial charge in [-0.1, -0.05) is 30.0 Å². The van der Waals surface area contributed by atoms with E-state index >= 15 is 0 Å². The number of fused-ring (bicyclic) bond motifs is 1. The summed E-state index contributed by atoms with van der Waals surface area (Å²) >= 11 is 1.32. The van der Waals surface area contributed by atoms with Gasteiger partial charge in [0.05, 0.1) is 5.25 Å². The molecule has 112 valence electrons. The molecule has 3 aromatic rings. The molecule has 0 saturated heterocycles. The van der Waals surface area contributed by atoms with Gasteiger partial charge in [-0.05, 0) is 25.8 Å². The second-order valence-electron chi connectivity index (χ2n) is 5.55. The summed E-state index contributed by atoms with van der Waals surface area (Å²) in [5.74, 6) is 1.20. The average Bonchev–Trinajstić information content (AvgIpc) is 3.13. The lowest BCUT2D eigenvalue weighted by atomic mass is 10.1. The first-order valence-electron chi connectivity index (χ1n) is 7.33. The van der Waals surface area contributed by atoms with Crippen LogP contribution < -0.4 is 0 Å². The number of benzene rings is 1. The summed E-state index contributed by atoms with van der Waals surface area (Å²) in [6, 6.07) is 7.80. The monoisotopic (exact) mass is 313 g/mol. The minimum absolute atomic E-state index is 0.0635. The average molecular weight is 313 g/mol. The number of nitrogens with one attached hydrogen (secondary N) is 1. The minimum atomic E-state index is -0.272. The molecule has 1 fully saturated rings. The third kappa shape index (κ3) is 2.43. The van der Waals surface area contributed by atoms with Crippen LogP contribution in [0, 0.1) is 0 Å². The van der Waals surface area contributed by atoms with Crippen LogP contribution in [-0.2, 0) is 0 Å². The zero-order valence-corrected chi connectivity index (χ0v) is 12.9. The van der Waals surface area contributed by atoms with Crippen molar-refractivity contribution in [2.24, 2.45) is 0 Å². The van der Waals surface area contributed by atoms with E-state index in [4.69, 9.17) is 4.42 Å². The Morgan fingerprint density at radius 2 is 2.18 bits per heavy atom. The molecule has 0 amide bonds. The number of aromatic amines is 1. The van der Waals surface area contributed by atoms with Crippen LogP contribution in [0.2, 0.25) is 0 Å². The Morgan fingerprint density at radius 1 is 1.36 bits per heavy atom. The predicted molar refractivity (Wildman–Crippen MR) is 84.2 cm³/mol. The fourth-order valence-electron chi connectivity index (χ4n) is 2.46. The van der Waals surface area contributed by atoms with Crippen molar-refractivity contribution in [2.45, 2.75) is 36.2 Å². The molecule has 0 bridgehead atoms. The molecule has 1 aliphatic carbocycles. The normalized spacial score (nSPS) is 16.0. The first-order valence-corrected chi connectivity index (χ1v) is 8.20. The topological polar surface area (TPSA) is 71.8 Å². The van der Waals surface area contributed by atoms with E-state index in [2.05, 4.69) is 15.2 Å². The summed E-state index contributed by atoms with van der Waals surface area (Å²) in [6.07, 6.45) is 4.01. The zero-order chi connectivity index (χ0) is 15.1. The molecular weight excluding hydrogens is 298 g/mol. The molecule has 1 saturated carbocycles. The van der Waals surface area contributed by atoms with Crippen LogP contribution in [0.5, 0.6) is 0 Å². The Labute approximate surface area is 131 Å². The standard InChI is InChI=1S/C16H15N3O2S/c1-9(22-16-19-18-15(21-16)10-6-7-10)14(20)12-8-17-13-5-3-2-4-11(12)13/h2-5,8-10,17H,6-7H2,1H3/t9-/m0/s1. The molecule has 1 aromatic carbocycles. The number of carbonyl (C=O) groups excluding carboxylic acids is 1. The molecule has 0 radical (unpaired) electrons. The molecular formula is C16H15N3O2S. The highest BCUT2D eigenvalue weighted by Gasteiger charge is 2.30. The van der Waals surface area contributed by atoms with Gasteiger partial charge in [-0.15, -0.1) is 10.2 Å². The van der Waals surface area contributed by atoms with Gasteiger partial charge in [-0.3, -0.25) is 4.79 Å². The van der Waals surface area contributed by atoms with Crippen molar-refractivity contribution in [1.82, 2.24) is 15.2 Å². The van der Waals surface area contributed by atoms with Gasteiger partial charge in [0, 0.05) is 28.6 Å². The Balaban J connectivity index is 1.53. The van der Waals surface area contributed by atoms with E-state index in [1.54, 1.807) is 6.20 Å². The van der Waals surface area contributed by atoms with Crippen LogP contribution in [0.1, 0.15) is 41.9 Å². The summed E-state index contributed by atoms with van der Waals surface area (Å²) in [5, 5.41) is 9.23. The Bertz CT molecular complexity index is 835. The van der Waals surface area contributed by atoms with E-state index in [0.29, 0.717) is 22.6 Å². The number of H-pyrrole nitrogens is 1. The number of ketones is 1. The molecule has 5 nitrogen and oxygen atoms in total. The second kappa shape index (κ2) is 5.28. The highest BCUT2D eigenvalue weighted by Crippen LogP contribution is 2.40. The third-order valence-electron chi connectivity index (χ3n) is 3.85. The number of aromatic nitrogens is 3. The highest BCUT2D eigenvalue weighted by atomic mass is 32.2. The fourth-order valence-corrected chi connectivity index (χ4v) is 3.22. The van der Waals surface area contributed by atoms with E-state index < -0.39 is 0 Å². The lowest BCUT2D eigenvalue weighted by Crippen LogP contribution is -2.13. The Hall–Kier alpha value is -2.08. The van der Waals surface area contributed by atoms with Gasteiger partial charge in [0.15, 0.2) is 5.78 Å². The lowest BCUT2D eigenvalue weighted by molar-refractivity contribution is 0.0995. The number of thioether (sulfide) groups is 1. The van der Waals surface area contributed by atoms with Gasteiger partial charge >= 0.3 is 0 Å². The second-order valence-corrected chi connectivity index (χ2v) is 6.84. The van der Waals surface area contributed by atoms with Crippen molar-refractivity contribution in [2.75, 3.05) is 0 Å². The maximum atomic E-state index is 12.6. The molecule has 4 rings (SSSR count). The molecule has 22 heavy (non-hydrogen) atoms. The molecule has 0 unspecified atom stereocenters. The molecule has 1 atom stereocenters. The quantitative estimate of drug-likeness (QED) is 0.573. The van der Waals surface area contributed by atoms with Gasteiger partial charge in [-0.2, -0.15) is 0 Å². The van der Waals surface area contributed by atoms with Gasteiger partial charge in [0.25, 0.3) is 5.22 Å². The zero-order valence-electron chi connectivity index (χ0n) is 12.1. The molecule has 1 N–H and O–H groups in total. The summed E-state index contributed by atoms with van der Waals surface area (Å²) in [5.41, 5.74) is 1.68. The van der Waals surface area contributed by atoms with Crippen LogP contribution >= 0.6 is 11.8 Å². The maximum absolute atomic E-state index is 12.6. The van der Waals surface area contributed by atoms with Crippen molar-refractivity contribution < 1.29 is 9.21 Å². The predicted octanol–water partition coefficient (Wildman–Crippen LogP) is 3.79. The van der Waals surface area contributed by atoms with Crippen molar-refractivity contribution in [1.29, 1.82) is 0 Å². The first-order chi connectivity index (χ1) is 10.7. The first kappa shape index (κ1) is 13.6. The number of para-hydroxylation sites is 1. The number of hydrogen-bond donors (Lipinski definition) is 1. The maximum Gasteiger partial charge on any atom is 0.277 e. The molecule has 2 aromatic heterocycles. The van der Waals surface area contributed by atoms with E-state index in [1.807, 2.05) is 31.2 Å².